The number of carboxylic acids is 1. The first-order valence-electron chi connectivity index (χ1n) is 9.56. The van der Waals surface area contributed by atoms with E-state index in [4.69, 9.17) is 14.2 Å². The zero-order chi connectivity index (χ0) is 23.9. The van der Waals surface area contributed by atoms with Crippen molar-refractivity contribution in [2.24, 2.45) is 0 Å². The summed E-state index contributed by atoms with van der Waals surface area (Å²) in [6.07, 6.45) is -8.24. The molecule has 0 unspecified atom stereocenters. The molecule has 0 spiro atoms. The number of para-hydroxylation sites is 1. The van der Waals surface area contributed by atoms with E-state index in [2.05, 4.69) is 10.2 Å². The van der Waals surface area contributed by atoms with E-state index in [1.54, 1.807) is 18.2 Å². The number of methoxy groups -OCH3 is 2. The number of benzene rings is 2. The Morgan fingerprint density at radius 1 is 1.15 bits per heavy atom. The molecular formula is C21H17F4N3O5. The van der Waals surface area contributed by atoms with Gasteiger partial charge in [-0.2, -0.15) is 13.2 Å². The van der Waals surface area contributed by atoms with Crippen LogP contribution in [0, 0.1) is 5.82 Å². The standard InChI is InChI=1S/C21H17F4N3O5/c1-31-14-5-3-4-12(18(14)32-2)17-11-7-6-10(22)8-13(11)28-19(15(33-17)9-16(29)30)26-27-20(28)21(23,24)25/h3-8,15,17H,9H2,1-2H3,(H,29,30)/t15-,17+/m0/s1. The fraction of sp³-hybridized carbons (Fsp3) is 0.286. The molecule has 4 rings (SSSR count). The monoisotopic (exact) mass is 467 g/mol. The predicted molar refractivity (Wildman–Crippen MR) is 104 cm³/mol. The lowest BCUT2D eigenvalue weighted by Gasteiger charge is -2.24. The quantitative estimate of drug-likeness (QED) is 0.565. The molecule has 0 aliphatic carbocycles. The third kappa shape index (κ3) is 3.97. The molecule has 0 amide bonds. The van der Waals surface area contributed by atoms with Crippen molar-refractivity contribution in [2.45, 2.75) is 24.8 Å². The number of aromatic nitrogens is 3. The maximum atomic E-state index is 14.2. The molecule has 0 radical (unpaired) electrons. The van der Waals surface area contributed by atoms with Crippen LogP contribution in [0.1, 0.15) is 41.4 Å². The molecule has 0 saturated heterocycles. The lowest BCUT2D eigenvalue weighted by molar-refractivity contribution is -0.146. The molecule has 0 bridgehead atoms. The molecule has 8 nitrogen and oxygen atoms in total. The van der Waals surface area contributed by atoms with Gasteiger partial charge in [-0.15, -0.1) is 10.2 Å². The highest BCUT2D eigenvalue weighted by Gasteiger charge is 2.44. The topological polar surface area (TPSA) is 95.7 Å². The van der Waals surface area contributed by atoms with E-state index in [0.29, 0.717) is 15.9 Å². The molecule has 2 atom stereocenters. The average molecular weight is 467 g/mol. The van der Waals surface area contributed by atoms with Gasteiger partial charge in [-0.05, 0) is 18.2 Å². The number of nitrogens with zero attached hydrogens (tertiary/aromatic N) is 3. The lowest BCUT2D eigenvalue weighted by atomic mass is 9.98. The second kappa shape index (κ2) is 8.35. The van der Waals surface area contributed by atoms with Gasteiger partial charge in [-0.1, -0.05) is 18.2 Å². The molecule has 33 heavy (non-hydrogen) atoms. The summed E-state index contributed by atoms with van der Waals surface area (Å²) < 4.78 is 72.9. The minimum absolute atomic E-state index is 0.127. The summed E-state index contributed by atoms with van der Waals surface area (Å²) in [5.74, 6) is -3.45. The van der Waals surface area contributed by atoms with Crippen molar-refractivity contribution in [2.75, 3.05) is 14.2 Å². The maximum Gasteiger partial charge on any atom is 0.452 e. The molecule has 2 heterocycles. The Balaban J connectivity index is 2.04. The van der Waals surface area contributed by atoms with Crippen molar-refractivity contribution in [3.63, 3.8) is 0 Å². The highest BCUT2D eigenvalue weighted by molar-refractivity contribution is 5.68. The fourth-order valence-electron chi connectivity index (χ4n) is 3.81. The fourth-order valence-corrected chi connectivity index (χ4v) is 3.81. The molecular weight excluding hydrogens is 450 g/mol. The number of ether oxygens (including phenoxy) is 3. The smallest absolute Gasteiger partial charge is 0.452 e. The SMILES string of the molecule is COc1cccc([C@@H]2O[C@@H](CC(=O)O)c3nnc(C(F)(F)F)n3-c3cc(F)ccc32)c1OC. The van der Waals surface area contributed by atoms with Gasteiger partial charge in [0, 0.05) is 11.1 Å². The molecule has 1 aromatic heterocycles. The number of alkyl halides is 3. The molecule has 0 saturated carbocycles. The Morgan fingerprint density at radius 3 is 2.55 bits per heavy atom. The number of aliphatic carboxylic acids is 1. The summed E-state index contributed by atoms with van der Waals surface area (Å²) >= 11 is 0. The normalized spacial score (nSPS) is 17.6. The van der Waals surface area contributed by atoms with E-state index < -0.39 is 48.2 Å². The first kappa shape index (κ1) is 22.5. The molecule has 2 aromatic carbocycles. The molecule has 3 aromatic rings. The van der Waals surface area contributed by atoms with Gasteiger partial charge in [0.15, 0.2) is 17.3 Å². The van der Waals surface area contributed by atoms with Crippen LogP contribution in [0.3, 0.4) is 0 Å². The highest BCUT2D eigenvalue weighted by atomic mass is 19.4. The largest absolute Gasteiger partial charge is 0.493 e. The zero-order valence-corrected chi connectivity index (χ0v) is 17.3. The number of carboxylic acid groups (broad SMARTS) is 1. The van der Waals surface area contributed by atoms with Gasteiger partial charge < -0.3 is 19.3 Å². The van der Waals surface area contributed by atoms with Gasteiger partial charge in [0.25, 0.3) is 0 Å². The average Bonchev–Trinajstić information content (AvgIpc) is 3.17. The predicted octanol–water partition coefficient (Wildman–Crippen LogP) is 4.08. The van der Waals surface area contributed by atoms with E-state index in [-0.39, 0.29) is 17.0 Å². The second-order valence-electron chi connectivity index (χ2n) is 7.10. The van der Waals surface area contributed by atoms with Crippen LogP contribution in [0.15, 0.2) is 36.4 Å². The highest BCUT2D eigenvalue weighted by Crippen LogP contribution is 2.46. The number of halogens is 4. The van der Waals surface area contributed by atoms with Crippen molar-refractivity contribution < 1.29 is 41.7 Å². The van der Waals surface area contributed by atoms with Crippen LogP contribution >= 0.6 is 0 Å². The van der Waals surface area contributed by atoms with E-state index >= 15 is 0 Å². The molecule has 174 valence electrons. The third-order valence-corrected chi connectivity index (χ3v) is 5.12. The third-order valence-electron chi connectivity index (χ3n) is 5.12. The maximum absolute atomic E-state index is 14.2. The van der Waals surface area contributed by atoms with Crippen LogP contribution in [0.2, 0.25) is 0 Å². The summed E-state index contributed by atoms with van der Waals surface area (Å²) in [6, 6.07) is 8.03. The van der Waals surface area contributed by atoms with Crippen LogP contribution in [0.4, 0.5) is 17.6 Å². The summed E-state index contributed by atoms with van der Waals surface area (Å²) in [7, 11) is 2.78. The Hall–Kier alpha value is -3.67. The van der Waals surface area contributed by atoms with Crippen molar-refractivity contribution in [3.8, 4) is 17.2 Å². The molecule has 1 N–H and O–H groups in total. The Bertz CT molecular complexity index is 1210. The summed E-state index contributed by atoms with van der Waals surface area (Å²) in [5, 5.41) is 16.2. The summed E-state index contributed by atoms with van der Waals surface area (Å²) in [6.45, 7) is 0. The number of carbonyl (C=O) groups is 1. The van der Waals surface area contributed by atoms with Crippen LogP contribution in [-0.4, -0.2) is 40.1 Å². The molecule has 0 fully saturated rings. The van der Waals surface area contributed by atoms with Crippen LogP contribution in [0.5, 0.6) is 11.5 Å². The van der Waals surface area contributed by atoms with E-state index in [1.807, 2.05) is 0 Å². The molecule has 12 heteroatoms. The molecule has 1 aliphatic heterocycles. The van der Waals surface area contributed by atoms with E-state index in [0.717, 1.165) is 12.1 Å². The number of fused-ring (bicyclic) bond motifs is 3. The van der Waals surface area contributed by atoms with E-state index in [1.165, 1.54) is 20.3 Å². The van der Waals surface area contributed by atoms with Crippen molar-refractivity contribution in [1.82, 2.24) is 14.8 Å². The number of rotatable bonds is 5. The van der Waals surface area contributed by atoms with Gasteiger partial charge in [0.05, 0.1) is 26.3 Å². The minimum atomic E-state index is -4.95. The van der Waals surface area contributed by atoms with Gasteiger partial charge in [-0.3, -0.25) is 9.36 Å². The van der Waals surface area contributed by atoms with Crippen molar-refractivity contribution in [3.05, 3.63) is 65.0 Å². The number of hydrogen-bond donors (Lipinski definition) is 1. The van der Waals surface area contributed by atoms with Gasteiger partial charge in [-0.25, -0.2) is 4.39 Å². The zero-order valence-electron chi connectivity index (χ0n) is 17.3. The summed E-state index contributed by atoms with van der Waals surface area (Å²) in [4.78, 5) is 11.5. The van der Waals surface area contributed by atoms with Crippen LogP contribution in [0.25, 0.3) is 5.69 Å². The minimum Gasteiger partial charge on any atom is -0.493 e. The first-order chi connectivity index (χ1) is 15.7. The first-order valence-corrected chi connectivity index (χ1v) is 9.56. The summed E-state index contributed by atoms with van der Waals surface area (Å²) in [5.41, 5.74) is 0.236. The molecule has 1 aliphatic rings. The second-order valence-corrected chi connectivity index (χ2v) is 7.10. The van der Waals surface area contributed by atoms with Crippen molar-refractivity contribution >= 4 is 5.97 Å². The van der Waals surface area contributed by atoms with E-state index in [9.17, 15) is 27.5 Å². The van der Waals surface area contributed by atoms with Crippen molar-refractivity contribution in [1.29, 1.82) is 0 Å². The van der Waals surface area contributed by atoms with Crippen LogP contribution in [-0.2, 0) is 15.7 Å². The number of hydrogen-bond acceptors (Lipinski definition) is 6. The van der Waals surface area contributed by atoms with Crippen LogP contribution < -0.4 is 9.47 Å². The van der Waals surface area contributed by atoms with Gasteiger partial charge in [0.1, 0.15) is 18.0 Å². The Morgan fingerprint density at radius 2 is 1.91 bits per heavy atom. The Kier molecular flexibility index (Phi) is 5.70. The Labute approximate surface area is 184 Å². The van der Waals surface area contributed by atoms with Gasteiger partial charge in [0.2, 0.25) is 5.82 Å². The lowest BCUT2D eigenvalue weighted by Crippen LogP contribution is -2.17. The van der Waals surface area contributed by atoms with Gasteiger partial charge >= 0.3 is 12.1 Å².